The van der Waals surface area contributed by atoms with E-state index in [2.05, 4.69) is 10.2 Å². The number of rotatable bonds is 1. The molecule has 4 heteroatoms. The van der Waals surface area contributed by atoms with Gasteiger partial charge in [-0.15, -0.1) is 5.10 Å². The van der Waals surface area contributed by atoms with Gasteiger partial charge in [0.2, 0.25) is 0 Å². The first-order chi connectivity index (χ1) is 5.61. The Kier molecular flexibility index (Phi) is 2.38. The van der Waals surface area contributed by atoms with Crippen LogP contribution in [0.15, 0.2) is 12.3 Å². The van der Waals surface area contributed by atoms with Crippen molar-refractivity contribution in [2.45, 2.75) is 6.92 Å². The van der Waals surface area contributed by atoms with Crippen molar-refractivity contribution in [3.63, 3.8) is 0 Å². The number of hydrogen-bond acceptors (Lipinski definition) is 3. The summed E-state index contributed by atoms with van der Waals surface area (Å²) in [5.74, 6) is -0.119. The van der Waals surface area contributed by atoms with Crippen molar-refractivity contribution in [3.8, 4) is 0 Å². The van der Waals surface area contributed by atoms with E-state index in [0.29, 0.717) is 5.69 Å². The molecule has 0 unspecified atom stereocenters. The number of aromatic nitrogens is 2. The molecule has 0 aliphatic carbocycles. The summed E-state index contributed by atoms with van der Waals surface area (Å²) in [6, 6.07) is 1.72. The molecule has 0 aromatic carbocycles. The molecular weight excluding hydrogens is 154 g/mol. The highest BCUT2D eigenvalue weighted by molar-refractivity contribution is 5.91. The summed E-state index contributed by atoms with van der Waals surface area (Å²) < 4.78 is 0. The lowest BCUT2D eigenvalue weighted by molar-refractivity contribution is 0.0820. The SMILES string of the molecule is Cc1cnnc(C(=O)N(C)C)c1. The maximum atomic E-state index is 11.3. The van der Waals surface area contributed by atoms with Gasteiger partial charge in [0.1, 0.15) is 0 Å². The first-order valence-corrected chi connectivity index (χ1v) is 3.62. The Morgan fingerprint density at radius 2 is 2.17 bits per heavy atom. The third-order valence-corrected chi connectivity index (χ3v) is 1.42. The van der Waals surface area contributed by atoms with E-state index in [0.717, 1.165) is 5.56 Å². The molecule has 64 valence electrons. The van der Waals surface area contributed by atoms with Gasteiger partial charge in [-0.05, 0) is 18.6 Å². The smallest absolute Gasteiger partial charge is 0.273 e. The molecular formula is C8H11N3O. The zero-order valence-corrected chi connectivity index (χ0v) is 7.40. The minimum atomic E-state index is -0.119. The van der Waals surface area contributed by atoms with E-state index < -0.39 is 0 Å². The van der Waals surface area contributed by atoms with Crippen LogP contribution in [-0.4, -0.2) is 35.1 Å². The Balaban J connectivity index is 2.96. The second kappa shape index (κ2) is 3.30. The van der Waals surface area contributed by atoms with Gasteiger partial charge in [-0.25, -0.2) is 0 Å². The number of amides is 1. The van der Waals surface area contributed by atoms with Gasteiger partial charge in [0.15, 0.2) is 5.69 Å². The fourth-order valence-corrected chi connectivity index (χ4v) is 0.798. The molecule has 0 saturated carbocycles. The van der Waals surface area contributed by atoms with Crippen LogP contribution in [0.5, 0.6) is 0 Å². The molecule has 0 spiro atoms. The van der Waals surface area contributed by atoms with E-state index in [1.807, 2.05) is 6.92 Å². The zero-order chi connectivity index (χ0) is 9.14. The molecule has 12 heavy (non-hydrogen) atoms. The number of nitrogens with zero attached hydrogens (tertiary/aromatic N) is 3. The van der Waals surface area contributed by atoms with Crippen molar-refractivity contribution >= 4 is 5.91 Å². The van der Waals surface area contributed by atoms with Crippen LogP contribution in [0.4, 0.5) is 0 Å². The van der Waals surface area contributed by atoms with Crippen molar-refractivity contribution in [2.75, 3.05) is 14.1 Å². The lowest BCUT2D eigenvalue weighted by Gasteiger charge is -2.08. The lowest BCUT2D eigenvalue weighted by atomic mass is 10.3. The Bertz CT molecular complexity index is 296. The predicted molar refractivity (Wildman–Crippen MR) is 44.8 cm³/mol. The zero-order valence-electron chi connectivity index (χ0n) is 7.40. The van der Waals surface area contributed by atoms with Gasteiger partial charge in [-0.1, -0.05) is 0 Å². The third-order valence-electron chi connectivity index (χ3n) is 1.42. The van der Waals surface area contributed by atoms with Crippen LogP contribution < -0.4 is 0 Å². The normalized spacial score (nSPS) is 9.58. The Labute approximate surface area is 71.2 Å². The molecule has 0 N–H and O–H groups in total. The van der Waals surface area contributed by atoms with Crippen LogP contribution in [0.3, 0.4) is 0 Å². The van der Waals surface area contributed by atoms with Gasteiger partial charge in [-0.2, -0.15) is 5.10 Å². The minimum Gasteiger partial charge on any atom is -0.343 e. The highest BCUT2D eigenvalue weighted by Crippen LogP contribution is 1.99. The van der Waals surface area contributed by atoms with E-state index >= 15 is 0 Å². The Morgan fingerprint density at radius 3 is 2.67 bits per heavy atom. The second-order valence-corrected chi connectivity index (χ2v) is 2.82. The molecule has 1 rings (SSSR count). The molecule has 1 amide bonds. The standard InChI is InChI=1S/C8H11N3O/c1-6-4-7(10-9-5-6)8(12)11(2)3/h4-5H,1-3H3. The molecule has 0 aliphatic rings. The average molecular weight is 165 g/mol. The van der Waals surface area contributed by atoms with Crippen LogP contribution in [0.1, 0.15) is 16.1 Å². The van der Waals surface area contributed by atoms with Crippen LogP contribution >= 0.6 is 0 Å². The number of carbonyl (C=O) groups excluding carboxylic acids is 1. The van der Waals surface area contributed by atoms with Crippen molar-refractivity contribution < 1.29 is 4.79 Å². The Morgan fingerprint density at radius 1 is 1.50 bits per heavy atom. The summed E-state index contributed by atoms with van der Waals surface area (Å²) in [6.45, 7) is 1.88. The Hall–Kier alpha value is -1.45. The van der Waals surface area contributed by atoms with Gasteiger partial charge in [0.05, 0.1) is 6.20 Å². The molecule has 0 fully saturated rings. The molecule has 4 nitrogen and oxygen atoms in total. The molecule has 1 aromatic rings. The first kappa shape index (κ1) is 8.64. The monoisotopic (exact) mass is 165 g/mol. The van der Waals surface area contributed by atoms with Gasteiger partial charge in [-0.3, -0.25) is 4.79 Å². The second-order valence-electron chi connectivity index (χ2n) is 2.82. The predicted octanol–water partition coefficient (Wildman–Crippen LogP) is 0.487. The van der Waals surface area contributed by atoms with E-state index in [1.54, 1.807) is 26.4 Å². The summed E-state index contributed by atoms with van der Waals surface area (Å²) in [7, 11) is 3.37. The van der Waals surface area contributed by atoms with Crippen LogP contribution in [0, 0.1) is 6.92 Å². The van der Waals surface area contributed by atoms with E-state index in [1.165, 1.54) is 4.90 Å². The average Bonchev–Trinajstić information content (AvgIpc) is 2.03. The molecule has 0 atom stereocenters. The molecule has 0 saturated heterocycles. The lowest BCUT2D eigenvalue weighted by Crippen LogP contribution is -2.23. The highest BCUT2D eigenvalue weighted by Gasteiger charge is 2.09. The van der Waals surface area contributed by atoms with Crippen molar-refractivity contribution in [1.82, 2.24) is 15.1 Å². The summed E-state index contributed by atoms with van der Waals surface area (Å²) >= 11 is 0. The summed E-state index contributed by atoms with van der Waals surface area (Å²) in [5.41, 5.74) is 1.33. The fraction of sp³-hybridized carbons (Fsp3) is 0.375. The largest absolute Gasteiger partial charge is 0.343 e. The highest BCUT2D eigenvalue weighted by atomic mass is 16.2. The van der Waals surface area contributed by atoms with Crippen LogP contribution in [-0.2, 0) is 0 Å². The number of carbonyl (C=O) groups is 1. The maximum absolute atomic E-state index is 11.3. The van der Waals surface area contributed by atoms with Crippen molar-refractivity contribution in [3.05, 3.63) is 23.5 Å². The van der Waals surface area contributed by atoms with Gasteiger partial charge in [0, 0.05) is 14.1 Å². The number of aryl methyl sites for hydroxylation is 1. The molecule has 1 aromatic heterocycles. The summed E-state index contributed by atoms with van der Waals surface area (Å²) in [6.07, 6.45) is 1.62. The van der Waals surface area contributed by atoms with E-state index in [4.69, 9.17) is 0 Å². The molecule has 0 radical (unpaired) electrons. The number of hydrogen-bond donors (Lipinski definition) is 0. The first-order valence-electron chi connectivity index (χ1n) is 3.62. The van der Waals surface area contributed by atoms with Crippen molar-refractivity contribution in [2.24, 2.45) is 0 Å². The maximum Gasteiger partial charge on any atom is 0.273 e. The minimum absolute atomic E-state index is 0.119. The summed E-state index contributed by atoms with van der Waals surface area (Å²) in [5, 5.41) is 7.41. The summed E-state index contributed by atoms with van der Waals surface area (Å²) in [4.78, 5) is 12.8. The van der Waals surface area contributed by atoms with Crippen LogP contribution in [0.25, 0.3) is 0 Å². The van der Waals surface area contributed by atoms with Gasteiger partial charge in [0.25, 0.3) is 5.91 Å². The quantitative estimate of drug-likeness (QED) is 0.608. The van der Waals surface area contributed by atoms with Crippen LogP contribution in [0.2, 0.25) is 0 Å². The van der Waals surface area contributed by atoms with Gasteiger partial charge < -0.3 is 4.90 Å². The molecule has 0 aliphatic heterocycles. The third kappa shape index (κ3) is 1.78. The van der Waals surface area contributed by atoms with E-state index in [9.17, 15) is 4.79 Å². The molecule has 0 bridgehead atoms. The van der Waals surface area contributed by atoms with Crippen molar-refractivity contribution in [1.29, 1.82) is 0 Å². The fourth-order valence-electron chi connectivity index (χ4n) is 0.798. The van der Waals surface area contributed by atoms with Gasteiger partial charge >= 0.3 is 0 Å². The topological polar surface area (TPSA) is 46.1 Å². The molecule has 1 heterocycles. The van der Waals surface area contributed by atoms with E-state index in [-0.39, 0.29) is 5.91 Å².